The molecule has 0 radical (unpaired) electrons. The Kier molecular flexibility index (Phi) is 4.43. The molecule has 0 bridgehead atoms. The summed E-state index contributed by atoms with van der Waals surface area (Å²) in [5.41, 5.74) is 3.02. The van der Waals surface area contributed by atoms with Crippen molar-refractivity contribution in [2.45, 2.75) is 36.6 Å². The van der Waals surface area contributed by atoms with E-state index >= 15 is 0 Å². The molecule has 0 aromatic heterocycles. The van der Waals surface area contributed by atoms with Crippen molar-refractivity contribution in [3.63, 3.8) is 0 Å². The zero-order valence-electron chi connectivity index (χ0n) is 13.4. The molecule has 5 nitrogen and oxygen atoms in total. The van der Waals surface area contributed by atoms with E-state index in [1.165, 1.54) is 17.7 Å². The quantitative estimate of drug-likeness (QED) is 0.872. The van der Waals surface area contributed by atoms with Crippen LogP contribution in [0, 0.1) is 0 Å². The summed E-state index contributed by atoms with van der Waals surface area (Å²) in [5.74, 6) is -0.154. The van der Waals surface area contributed by atoms with Crippen molar-refractivity contribution < 1.29 is 13.2 Å². The Morgan fingerprint density at radius 2 is 2.00 bits per heavy atom. The molecule has 1 aliphatic rings. The number of benzene rings is 2. The number of hydrogen-bond acceptors (Lipinski definition) is 3. The number of carbonyl (C=O) groups is 1. The van der Waals surface area contributed by atoms with Crippen LogP contribution >= 0.6 is 0 Å². The predicted molar refractivity (Wildman–Crippen MR) is 91.9 cm³/mol. The number of rotatable bonds is 5. The summed E-state index contributed by atoms with van der Waals surface area (Å²) in [6.45, 7) is 1.95. The molecule has 6 heteroatoms. The van der Waals surface area contributed by atoms with Crippen LogP contribution in [0.5, 0.6) is 0 Å². The molecule has 2 aromatic carbocycles. The summed E-state index contributed by atoms with van der Waals surface area (Å²) in [6.07, 6.45) is 1.41. The van der Waals surface area contributed by atoms with E-state index in [0.29, 0.717) is 6.42 Å². The zero-order chi connectivity index (χ0) is 17.3. The molecule has 1 amide bonds. The van der Waals surface area contributed by atoms with E-state index in [0.717, 1.165) is 17.5 Å². The Morgan fingerprint density at radius 3 is 2.67 bits per heavy atom. The lowest BCUT2D eigenvalue weighted by Gasteiger charge is -2.30. The first-order chi connectivity index (χ1) is 11.4. The average molecular weight is 344 g/mol. The van der Waals surface area contributed by atoms with Gasteiger partial charge in [0.05, 0.1) is 16.9 Å². The fraction of sp³-hybridized carbons (Fsp3) is 0.278. The minimum absolute atomic E-state index is 0.0263. The summed E-state index contributed by atoms with van der Waals surface area (Å²) < 4.78 is 23.0. The summed E-state index contributed by atoms with van der Waals surface area (Å²) in [6, 6.07) is 14.1. The summed E-state index contributed by atoms with van der Waals surface area (Å²) >= 11 is 0. The van der Waals surface area contributed by atoms with Gasteiger partial charge in [0.25, 0.3) is 0 Å². The van der Waals surface area contributed by atoms with Crippen LogP contribution in [0.4, 0.5) is 0 Å². The van der Waals surface area contributed by atoms with Crippen molar-refractivity contribution in [3.8, 4) is 0 Å². The SMILES string of the molecule is CC[C@H](NC(=O)[C@@H]1Cc2ccccc21)c1cccc(S(N)(=O)=O)c1. The van der Waals surface area contributed by atoms with Crippen molar-refractivity contribution in [1.82, 2.24) is 5.32 Å². The highest BCUT2D eigenvalue weighted by Gasteiger charge is 2.32. The molecule has 2 atom stereocenters. The summed E-state index contributed by atoms with van der Waals surface area (Å²) in [7, 11) is -3.76. The predicted octanol–water partition coefficient (Wildman–Crippen LogP) is 2.24. The standard InChI is InChI=1S/C18H20N2O3S/c1-2-17(13-7-5-8-14(10-13)24(19,22)23)20-18(21)16-11-12-6-3-4-9-15(12)16/h3-10,16-17H,2,11H2,1H3,(H,20,21)(H2,19,22,23)/t16-,17+/m1/s1. The van der Waals surface area contributed by atoms with E-state index in [-0.39, 0.29) is 22.8 Å². The van der Waals surface area contributed by atoms with Gasteiger partial charge in [-0.25, -0.2) is 13.6 Å². The Bertz CT molecular complexity index is 877. The van der Waals surface area contributed by atoms with Gasteiger partial charge in [-0.1, -0.05) is 43.3 Å². The highest BCUT2D eigenvalue weighted by molar-refractivity contribution is 7.89. The fourth-order valence-electron chi connectivity index (χ4n) is 3.09. The number of fused-ring (bicyclic) bond motifs is 1. The minimum Gasteiger partial charge on any atom is -0.349 e. The normalized spacial score (nSPS) is 17.5. The molecule has 0 unspecified atom stereocenters. The van der Waals surface area contributed by atoms with Gasteiger partial charge in [-0.15, -0.1) is 0 Å². The van der Waals surface area contributed by atoms with Gasteiger partial charge in [0.15, 0.2) is 0 Å². The van der Waals surface area contributed by atoms with Crippen LogP contribution in [0.3, 0.4) is 0 Å². The maximum Gasteiger partial charge on any atom is 0.238 e. The maximum atomic E-state index is 12.6. The molecule has 3 N–H and O–H groups in total. The van der Waals surface area contributed by atoms with Crippen molar-refractivity contribution in [2.24, 2.45) is 5.14 Å². The number of sulfonamides is 1. The smallest absolute Gasteiger partial charge is 0.238 e. The number of primary sulfonamides is 1. The Labute approximate surface area is 141 Å². The topological polar surface area (TPSA) is 89.3 Å². The van der Waals surface area contributed by atoms with E-state index in [2.05, 4.69) is 5.32 Å². The van der Waals surface area contributed by atoms with Gasteiger partial charge >= 0.3 is 0 Å². The second-order valence-corrected chi connectivity index (χ2v) is 7.60. The van der Waals surface area contributed by atoms with Crippen LogP contribution in [-0.4, -0.2) is 14.3 Å². The third-order valence-corrected chi connectivity index (χ3v) is 5.40. The molecule has 0 saturated carbocycles. The monoisotopic (exact) mass is 344 g/mol. The number of hydrogen-bond donors (Lipinski definition) is 2. The van der Waals surface area contributed by atoms with E-state index in [1.54, 1.807) is 12.1 Å². The van der Waals surface area contributed by atoms with Crippen molar-refractivity contribution in [2.75, 3.05) is 0 Å². The molecule has 0 aliphatic heterocycles. The largest absolute Gasteiger partial charge is 0.349 e. The molecule has 0 spiro atoms. The molecule has 3 rings (SSSR count). The zero-order valence-corrected chi connectivity index (χ0v) is 14.2. The van der Waals surface area contributed by atoms with Crippen molar-refractivity contribution in [3.05, 3.63) is 65.2 Å². The van der Waals surface area contributed by atoms with Gasteiger partial charge in [-0.05, 0) is 41.7 Å². The Hall–Kier alpha value is -2.18. The first-order valence-corrected chi connectivity index (χ1v) is 9.45. The van der Waals surface area contributed by atoms with Crippen LogP contribution in [0.25, 0.3) is 0 Å². The summed E-state index contributed by atoms with van der Waals surface area (Å²) in [4.78, 5) is 12.6. The van der Waals surface area contributed by atoms with Crippen LogP contribution < -0.4 is 10.5 Å². The van der Waals surface area contributed by atoms with Gasteiger partial charge in [-0.3, -0.25) is 4.79 Å². The second kappa shape index (κ2) is 6.37. The average Bonchev–Trinajstić information content (AvgIpc) is 2.53. The number of nitrogens with two attached hydrogens (primary N) is 1. The lowest BCUT2D eigenvalue weighted by molar-refractivity contribution is -0.123. The molecule has 1 aliphatic carbocycles. The Morgan fingerprint density at radius 1 is 1.25 bits per heavy atom. The molecular formula is C18H20N2O3S. The van der Waals surface area contributed by atoms with E-state index in [4.69, 9.17) is 5.14 Å². The van der Waals surface area contributed by atoms with Crippen LogP contribution in [0.15, 0.2) is 53.4 Å². The number of carbonyl (C=O) groups excluding carboxylic acids is 1. The number of nitrogens with one attached hydrogen (secondary N) is 1. The first kappa shape index (κ1) is 16.7. The lowest BCUT2D eigenvalue weighted by Crippen LogP contribution is -2.37. The van der Waals surface area contributed by atoms with Gasteiger partial charge < -0.3 is 5.32 Å². The molecule has 24 heavy (non-hydrogen) atoms. The van der Waals surface area contributed by atoms with Crippen LogP contribution in [-0.2, 0) is 21.2 Å². The summed E-state index contributed by atoms with van der Waals surface area (Å²) in [5, 5.41) is 8.22. The first-order valence-electron chi connectivity index (χ1n) is 7.91. The minimum atomic E-state index is -3.76. The van der Waals surface area contributed by atoms with Gasteiger partial charge in [-0.2, -0.15) is 0 Å². The highest BCUT2D eigenvalue weighted by atomic mass is 32.2. The van der Waals surface area contributed by atoms with Gasteiger partial charge in [0.2, 0.25) is 15.9 Å². The fourth-order valence-corrected chi connectivity index (χ4v) is 3.66. The van der Waals surface area contributed by atoms with Gasteiger partial charge in [0.1, 0.15) is 0 Å². The number of amides is 1. The van der Waals surface area contributed by atoms with E-state index in [9.17, 15) is 13.2 Å². The lowest BCUT2D eigenvalue weighted by atomic mass is 9.77. The van der Waals surface area contributed by atoms with E-state index in [1.807, 2.05) is 31.2 Å². The Balaban J connectivity index is 1.77. The molecule has 2 aromatic rings. The second-order valence-electron chi connectivity index (χ2n) is 6.04. The molecule has 0 fully saturated rings. The van der Waals surface area contributed by atoms with Crippen molar-refractivity contribution in [1.29, 1.82) is 0 Å². The van der Waals surface area contributed by atoms with Gasteiger partial charge in [0, 0.05) is 0 Å². The maximum absolute atomic E-state index is 12.6. The van der Waals surface area contributed by atoms with E-state index < -0.39 is 10.0 Å². The van der Waals surface area contributed by atoms with Crippen LogP contribution in [0.2, 0.25) is 0 Å². The highest BCUT2D eigenvalue weighted by Crippen LogP contribution is 2.35. The third kappa shape index (κ3) is 3.20. The molecule has 126 valence electrons. The van der Waals surface area contributed by atoms with Crippen molar-refractivity contribution >= 4 is 15.9 Å². The molecule has 0 heterocycles. The van der Waals surface area contributed by atoms with Crippen LogP contribution in [0.1, 0.15) is 42.0 Å². The molecule has 0 saturated heterocycles. The third-order valence-electron chi connectivity index (χ3n) is 4.48. The molecular weight excluding hydrogens is 324 g/mol.